The van der Waals surface area contributed by atoms with Gasteiger partial charge in [-0.15, -0.1) is 23.2 Å². The van der Waals surface area contributed by atoms with Crippen LogP contribution in [0.3, 0.4) is 0 Å². The Balaban J connectivity index is 2.33. The van der Waals surface area contributed by atoms with E-state index in [2.05, 4.69) is 0 Å². The molecule has 37 valence electrons. The lowest BCUT2D eigenvalue weighted by molar-refractivity contribution is 1.46. The van der Waals surface area contributed by atoms with E-state index in [-0.39, 0.29) is 0 Å². The summed E-state index contributed by atoms with van der Waals surface area (Å²) in [6, 6.07) is 0. The average Bonchev–Trinajstić information content (AvgIpc) is 1.91. The van der Waals surface area contributed by atoms with Gasteiger partial charge in [-0.2, -0.15) is 0 Å². The van der Waals surface area contributed by atoms with Crippen molar-refractivity contribution in [3.8, 4) is 0 Å². The van der Waals surface area contributed by atoms with Crippen LogP contribution in [0.1, 0.15) is 0 Å². The molecule has 0 saturated heterocycles. The Morgan fingerprint density at radius 3 is 1.57 bits per heavy atom. The number of rotatable bonds is 0. The van der Waals surface area contributed by atoms with Gasteiger partial charge >= 0.3 is 0 Å². The molecule has 0 spiro atoms. The molecule has 7 heavy (non-hydrogen) atoms. The summed E-state index contributed by atoms with van der Waals surface area (Å²) in [6.07, 6.45) is 5.32. The molecule has 1 fully saturated rings. The van der Waals surface area contributed by atoms with Crippen LogP contribution in [0.5, 0.6) is 0 Å². The number of hydrogen-bond donors (Lipinski definition) is 0. The summed E-state index contributed by atoms with van der Waals surface area (Å²) >= 11 is 11.0. The summed E-state index contributed by atoms with van der Waals surface area (Å²) < 4.78 is 0. The van der Waals surface area contributed by atoms with Crippen LogP contribution in [0, 0.1) is 30.0 Å². The van der Waals surface area contributed by atoms with E-state index in [9.17, 15) is 0 Å². The lowest BCUT2D eigenvalue weighted by atomic mass is 10.4. The quantitative estimate of drug-likeness (QED) is 0.476. The first-order valence-electron chi connectivity index (χ1n) is 1.87. The molecule has 0 heterocycles. The third-order valence-corrected chi connectivity index (χ3v) is 1.47. The van der Waals surface area contributed by atoms with Crippen LogP contribution < -0.4 is 0 Å². The van der Waals surface area contributed by atoms with Crippen LogP contribution in [0.25, 0.3) is 0 Å². The summed E-state index contributed by atoms with van der Waals surface area (Å²) in [6.45, 7) is 0. The van der Waals surface area contributed by atoms with Gasteiger partial charge in [0.1, 0.15) is 0 Å². The van der Waals surface area contributed by atoms with Crippen LogP contribution in [-0.4, -0.2) is 0 Å². The predicted molar refractivity (Wildman–Crippen MR) is 31.1 cm³/mol. The normalized spacial score (nSPS) is 26.6. The Hall–Kier alpha value is 0.580. The molecule has 0 N–H and O–H groups in total. The largest absolute Gasteiger partial charge is 0.115 e. The van der Waals surface area contributed by atoms with Gasteiger partial charge in [-0.25, -0.2) is 0 Å². The molecule has 0 aromatic heterocycles. The molecule has 0 aliphatic heterocycles. The van der Waals surface area contributed by atoms with Crippen molar-refractivity contribution < 1.29 is 0 Å². The topological polar surface area (TPSA) is 0 Å². The SMILES string of the molecule is Cl[C]1[CH][CH][CH][C]1Cl. The van der Waals surface area contributed by atoms with Gasteiger partial charge in [-0.3, -0.25) is 0 Å². The van der Waals surface area contributed by atoms with Crippen molar-refractivity contribution in [2.75, 3.05) is 0 Å². The second kappa shape index (κ2) is 2.23. The molecule has 0 aromatic rings. The van der Waals surface area contributed by atoms with Crippen molar-refractivity contribution in [3.63, 3.8) is 0 Å². The summed E-state index contributed by atoms with van der Waals surface area (Å²) in [7, 11) is 0. The minimum atomic E-state index is 0.627. The molecule has 1 aliphatic rings. The van der Waals surface area contributed by atoms with Crippen molar-refractivity contribution in [1.82, 2.24) is 0 Å². The highest BCUT2D eigenvalue weighted by molar-refractivity contribution is 6.42. The fourth-order valence-corrected chi connectivity index (χ4v) is 0.648. The summed E-state index contributed by atoms with van der Waals surface area (Å²) in [5.41, 5.74) is 0. The molecule has 1 aliphatic carbocycles. The van der Waals surface area contributed by atoms with Crippen molar-refractivity contribution in [3.05, 3.63) is 30.0 Å². The monoisotopic (exact) mass is 133 g/mol. The maximum absolute atomic E-state index is 5.49. The average molecular weight is 134 g/mol. The Morgan fingerprint density at radius 1 is 1.00 bits per heavy atom. The van der Waals surface area contributed by atoms with Crippen molar-refractivity contribution in [2.45, 2.75) is 0 Å². The fraction of sp³-hybridized carbons (Fsp3) is 0. The van der Waals surface area contributed by atoms with Crippen molar-refractivity contribution in [2.24, 2.45) is 0 Å². The van der Waals surface area contributed by atoms with Gasteiger partial charge in [-0.05, 0) is 19.3 Å². The summed E-state index contributed by atoms with van der Waals surface area (Å²) in [4.78, 5) is 0. The van der Waals surface area contributed by atoms with Gasteiger partial charge in [0.2, 0.25) is 0 Å². The first-order chi connectivity index (χ1) is 3.30. The highest BCUT2D eigenvalue weighted by atomic mass is 35.5. The van der Waals surface area contributed by atoms with Crippen LogP contribution >= 0.6 is 23.2 Å². The number of hydrogen-bond acceptors (Lipinski definition) is 0. The molecule has 5 radical (unpaired) electrons. The first-order valence-corrected chi connectivity index (χ1v) is 2.63. The van der Waals surface area contributed by atoms with Crippen LogP contribution in [0.15, 0.2) is 0 Å². The zero-order valence-electron chi connectivity index (χ0n) is 3.49. The van der Waals surface area contributed by atoms with E-state index in [1.807, 2.05) is 6.42 Å². The third kappa shape index (κ3) is 1.23. The Bertz CT molecular complexity index is 55.1. The third-order valence-electron chi connectivity index (χ3n) is 0.713. The molecule has 0 amide bonds. The number of halogens is 2. The Morgan fingerprint density at radius 2 is 1.43 bits per heavy atom. The van der Waals surface area contributed by atoms with E-state index in [1.165, 1.54) is 0 Å². The zero-order chi connectivity index (χ0) is 5.28. The molecule has 0 nitrogen and oxygen atoms in total. The summed E-state index contributed by atoms with van der Waals surface area (Å²) in [5.74, 6) is 0. The first kappa shape index (κ1) is 5.71. The van der Waals surface area contributed by atoms with Crippen LogP contribution in [-0.2, 0) is 0 Å². The Labute approximate surface area is 53.8 Å². The smallest absolute Gasteiger partial charge is 0.0904 e. The van der Waals surface area contributed by atoms with Gasteiger partial charge in [0.25, 0.3) is 0 Å². The van der Waals surface area contributed by atoms with Crippen molar-refractivity contribution >= 4 is 23.2 Å². The maximum Gasteiger partial charge on any atom is 0.0904 e. The predicted octanol–water partition coefficient (Wildman–Crippen LogP) is 2.15. The summed E-state index contributed by atoms with van der Waals surface area (Å²) in [5, 5.41) is 1.25. The standard InChI is InChI=1S/C5H3Cl2/c6-4-2-1-3-5(4)7/h1-3H. The van der Waals surface area contributed by atoms with E-state index >= 15 is 0 Å². The van der Waals surface area contributed by atoms with Crippen LogP contribution in [0.4, 0.5) is 0 Å². The molecule has 1 saturated carbocycles. The molecule has 0 bridgehead atoms. The minimum Gasteiger partial charge on any atom is -0.115 e. The fourth-order valence-electron chi connectivity index (χ4n) is 0.376. The van der Waals surface area contributed by atoms with Gasteiger partial charge < -0.3 is 0 Å². The highest BCUT2D eigenvalue weighted by Crippen LogP contribution is 2.38. The van der Waals surface area contributed by atoms with E-state index < -0.39 is 0 Å². The molecule has 0 atom stereocenters. The van der Waals surface area contributed by atoms with E-state index in [0.29, 0.717) is 10.8 Å². The van der Waals surface area contributed by atoms with E-state index in [0.717, 1.165) is 0 Å². The zero-order valence-corrected chi connectivity index (χ0v) is 5.00. The second-order valence-electron chi connectivity index (χ2n) is 1.22. The molecule has 1 rings (SSSR count). The van der Waals surface area contributed by atoms with Crippen LogP contribution in [0.2, 0.25) is 0 Å². The van der Waals surface area contributed by atoms with Gasteiger partial charge in [0.15, 0.2) is 0 Å². The van der Waals surface area contributed by atoms with Crippen molar-refractivity contribution in [1.29, 1.82) is 0 Å². The van der Waals surface area contributed by atoms with Gasteiger partial charge in [0.05, 0.1) is 10.8 Å². The lowest BCUT2D eigenvalue weighted by Crippen LogP contribution is -1.84. The molecular weight excluding hydrogens is 131 g/mol. The minimum absolute atomic E-state index is 0.627. The Kier molecular flexibility index (Phi) is 1.82. The van der Waals surface area contributed by atoms with E-state index in [1.54, 1.807) is 12.8 Å². The van der Waals surface area contributed by atoms with E-state index in [4.69, 9.17) is 23.2 Å². The maximum atomic E-state index is 5.49. The molecule has 0 aromatic carbocycles. The van der Waals surface area contributed by atoms with Gasteiger partial charge in [-0.1, -0.05) is 0 Å². The van der Waals surface area contributed by atoms with Gasteiger partial charge in [0, 0.05) is 0 Å². The molecule has 2 heteroatoms. The lowest BCUT2D eigenvalue weighted by Gasteiger charge is -1.96. The molecular formula is C5H3Cl2. The molecule has 0 unspecified atom stereocenters. The highest BCUT2D eigenvalue weighted by Gasteiger charge is 2.25. The second-order valence-corrected chi connectivity index (χ2v) is 2.04.